The van der Waals surface area contributed by atoms with Crippen molar-refractivity contribution in [3.63, 3.8) is 0 Å². The Morgan fingerprint density at radius 2 is 1.95 bits per heavy atom. The van der Waals surface area contributed by atoms with E-state index >= 15 is 0 Å². The maximum atomic E-state index is 12.7. The molecule has 1 aliphatic heterocycles. The fourth-order valence-electron chi connectivity index (χ4n) is 3.16. The molecule has 0 saturated carbocycles. The molecule has 0 amide bonds. The van der Waals surface area contributed by atoms with Gasteiger partial charge < -0.3 is 9.30 Å². The van der Waals surface area contributed by atoms with Crippen molar-refractivity contribution in [2.24, 2.45) is 0 Å². The summed E-state index contributed by atoms with van der Waals surface area (Å²) in [7, 11) is 1.66. The monoisotopic (exact) mass is 277 g/mol. The summed E-state index contributed by atoms with van der Waals surface area (Å²) in [5, 5.41) is 1.83. The zero-order valence-electron chi connectivity index (χ0n) is 12.0. The number of aromatic nitrogens is 1. The van der Waals surface area contributed by atoms with Crippen LogP contribution < -0.4 is 10.3 Å². The molecule has 0 aliphatic carbocycles. The maximum Gasteiger partial charge on any atom is 0.259 e. The Balaban J connectivity index is 2.06. The van der Waals surface area contributed by atoms with Gasteiger partial charge in [0.05, 0.1) is 19.3 Å². The van der Waals surface area contributed by atoms with Crippen LogP contribution in [-0.4, -0.2) is 11.7 Å². The van der Waals surface area contributed by atoms with Crippen LogP contribution in [-0.2, 0) is 6.54 Å². The van der Waals surface area contributed by atoms with E-state index in [-0.39, 0.29) is 5.56 Å². The Kier molecular flexibility index (Phi) is 2.45. The molecule has 0 spiro atoms. The van der Waals surface area contributed by atoms with E-state index in [1.54, 1.807) is 7.11 Å². The van der Waals surface area contributed by atoms with Gasteiger partial charge in [0, 0.05) is 10.9 Å². The molecule has 2 heterocycles. The van der Waals surface area contributed by atoms with Crippen LogP contribution in [0.3, 0.4) is 0 Å². The molecule has 1 aromatic heterocycles. The second-order valence-corrected chi connectivity index (χ2v) is 5.48. The summed E-state index contributed by atoms with van der Waals surface area (Å²) in [5.41, 5.74) is 4.48. The van der Waals surface area contributed by atoms with Gasteiger partial charge in [-0.1, -0.05) is 12.1 Å². The van der Waals surface area contributed by atoms with Crippen molar-refractivity contribution in [3.05, 3.63) is 63.9 Å². The van der Waals surface area contributed by atoms with Crippen LogP contribution in [0.2, 0.25) is 0 Å². The predicted octanol–water partition coefficient (Wildman–Crippen LogP) is 3.35. The van der Waals surface area contributed by atoms with E-state index in [0.717, 1.165) is 38.9 Å². The zero-order chi connectivity index (χ0) is 14.6. The number of hydrogen-bond acceptors (Lipinski definition) is 2. The van der Waals surface area contributed by atoms with Crippen LogP contribution in [0.4, 0.5) is 0 Å². The molecule has 3 heteroatoms. The topological polar surface area (TPSA) is 31.2 Å². The normalized spacial score (nSPS) is 12.3. The van der Waals surface area contributed by atoms with E-state index in [9.17, 15) is 4.79 Å². The molecule has 0 radical (unpaired) electrons. The number of aryl methyl sites for hydroxylation is 1. The Morgan fingerprint density at radius 3 is 2.76 bits per heavy atom. The largest absolute Gasteiger partial charge is 0.497 e. The minimum absolute atomic E-state index is 0.0846. The molecule has 104 valence electrons. The lowest BCUT2D eigenvalue weighted by molar-refractivity contribution is 0.414. The highest BCUT2D eigenvalue weighted by atomic mass is 16.5. The van der Waals surface area contributed by atoms with Gasteiger partial charge in [0.25, 0.3) is 5.56 Å². The van der Waals surface area contributed by atoms with Crippen molar-refractivity contribution in [2.75, 3.05) is 7.11 Å². The van der Waals surface area contributed by atoms with Crippen LogP contribution in [0, 0.1) is 6.92 Å². The molecule has 3 aromatic rings. The van der Waals surface area contributed by atoms with Gasteiger partial charge >= 0.3 is 0 Å². The van der Waals surface area contributed by atoms with Gasteiger partial charge in [0.2, 0.25) is 0 Å². The number of pyridine rings is 1. The molecule has 0 bridgehead atoms. The predicted molar refractivity (Wildman–Crippen MR) is 84.0 cm³/mol. The number of ether oxygens (including phenoxy) is 1. The van der Waals surface area contributed by atoms with E-state index < -0.39 is 0 Å². The first kappa shape index (κ1) is 12.2. The molecule has 4 rings (SSSR count). The maximum absolute atomic E-state index is 12.7. The Morgan fingerprint density at radius 1 is 1.10 bits per heavy atom. The van der Waals surface area contributed by atoms with E-state index in [4.69, 9.17) is 4.74 Å². The molecule has 0 unspecified atom stereocenters. The molecule has 0 fully saturated rings. The average molecular weight is 277 g/mol. The molecule has 1 aliphatic rings. The SMILES string of the molecule is COc1ccc2c(c1)Cn1c-2cc2c(C)cccc2c1=O. The van der Waals surface area contributed by atoms with Crippen molar-refractivity contribution in [3.8, 4) is 17.0 Å². The summed E-state index contributed by atoms with van der Waals surface area (Å²) in [6, 6.07) is 14.0. The summed E-state index contributed by atoms with van der Waals surface area (Å²) in [6.45, 7) is 2.66. The van der Waals surface area contributed by atoms with Gasteiger partial charge in [-0.2, -0.15) is 0 Å². The Labute approximate surface area is 122 Å². The van der Waals surface area contributed by atoms with Crippen LogP contribution in [0.5, 0.6) is 5.75 Å². The van der Waals surface area contributed by atoms with Gasteiger partial charge in [-0.15, -0.1) is 0 Å². The fraction of sp³-hybridized carbons (Fsp3) is 0.167. The molecule has 2 aromatic carbocycles. The number of methoxy groups -OCH3 is 1. The van der Waals surface area contributed by atoms with Crippen LogP contribution in [0.1, 0.15) is 11.1 Å². The van der Waals surface area contributed by atoms with Gasteiger partial charge in [-0.25, -0.2) is 0 Å². The second kappa shape index (κ2) is 4.22. The quantitative estimate of drug-likeness (QED) is 0.534. The summed E-state index contributed by atoms with van der Waals surface area (Å²) in [6.07, 6.45) is 0. The first-order chi connectivity index (χ1) is 10.2. The van der Waals surface area contributed by atoms with Crippen molar-refractivity contribution < 1.29 is 4.74 Å². The average Bonchev–Trinajstić information content (AvgIpc) is 2.87. The minimum Gasteiger partial charge on any atom is -0.497 e. The van der Waals surface area contributed by atoms with E-state index in [2.05, 4.69) is 6.07 Å². The lowest BCUT2D eigenvalue weighted by atomic mass is 10.0. The highest BCUT2D eigenvalue weighted by Crippen LogP contribution is 2.34. The molecule has 0 atom stereocenters. The van der Waals surface area contributed by atoms with Crippen molar-refractivity contribution in [1.82, 2.24) is 4.57 Å². The standard InChI is InChI=1S/C18H15NO2/c1-11-4-3-5-15-16(11)9-17-14-7-6-13(21-2)8-12(14)10-19(17)18(15)20/h3-9H,10H2,1-2H3. The number of rotatable bonds is 1. The molecule has 0 N–H and O–H groups in total. The molecule has 0 saturated heterocycles. The Hall–Kier alpha value is -2.55. The highest BCUT2D eigenvalue weighted by Gasteiger charge is 2.21. The summed E-state index contributed by atoms with van der Waals surface area (Å²) < 4.78 is 7.13. The smallest absolute Gasteiger partial charge is 0.259 e. The van der Waals surface area contributed by atoms with Crippen molar-refractivity contribution in [2.45, 2.75) is 13.5 Å². The molecule has 3 nitrogen and oxygen atoms in total. The van der Waals surface area contributed by atoms with Gasteiger partial charge in [-0.3, -0.25) is 4.79 Å². The zero-order valence-corrected chi connectivity index (χ0v) is 12.0. The lowest BCUT2D eigenvalue weighted by Crippen LogP contribution is -2.19. The van der Waals surface area contributed by atoms with Gasteiger partial charge in [-0.05, 0) is 53.8 Å². The van der Waals surface area contributed by atoms with Crippen LogP contribution in [0.25, 0.3) is 22.0 Å². The van der Waals surface area contributed by atoms with E-state index in [1.807, 2.05) is 47.9 Å². The van der Waals surface area contributed by atoms with Gasteiger partial charge in [0.15, 0.2) is 0 Å². The number of benzene rings is 2. The van der Waals surface area contributed by atoms with Gasteiger partial charge in [0.1, 0.15) is 5.75 Å². The molecular formula is C18H15NO2. The lowest BCUT2D eigenvalue weighted by Gasteiger charge is -2.08. The van der Waals surface area contributed by atoms with Crippen molar-refractivity contribution in [1.29, 1.82) is 0 Å². The van der Waals surface area contributed by atoms with Crippen molar-refractivity contribution >= 4 is 10.8 Å². The summed E-state index contributed by atoms with van der Waals surface area (Å²) in [5.74, 6) is 0.829. The first-order valence-corrected chi connectivity index (χ1v) is 6.99. The van der Waals surface area contributed by atoms with E-state index in [1.165, 1.54) is 0 Å². The molecule has 21 heavy (non-hydrogen) atoms. The number of hydrogen-bond donors (Lipinski definition) is 0. The van der Waals surface area contributed by atoms with E-state index in [0.29, 0.717) is 6.54 Å². The third-order valence-electron chi connectivity index (χ3n) is 4.29. The number of fused-ring (bicyclic) bond motifs is 4. The third-order valence-corrected chi connectivity index (χ3v) is 4.29. The molecular weight excluding hydrogens is 262 g/mol. The van der Waals surface area contributed by atoms with Crippen LogP contribution in [0.15, 0.2) is 47.3 Å². The van der Waals surface area contributed by atoms with Crippen LogP contribution >= 0.6 is 0 Å². The third kappa shape index (κ3) is 1.64. The fourth-order valence-corrected chi connectivity index (χ4v) is 3.16. The summed E-state index contributed by atoms with van der Waals surface area (Å²) >= 11 is 0. The highest BCUT2D eigenvalue weighted by molar-refractivity contribution is 5.89. The number of nitrogens with zero attached hydrogens (tertiary/aromatic N) is 1. The minimum atomic E-state index is 0.0846. The summed E-state index contributed by atoms with van der Waals surface area (Å²) in [4.78, 5) is 12.7. The first-order valence-electron chi connectivity index (χ1n) is 6.99. The second-order valence-electron chi connectivity index (χ2n) is 5.48. The Bertz CT molecular complexity index is 938.